The highest BCUT2D eigenvalue weighted by molar-refractivity contribution is 5.80. The van der Waals surface area contributed by atoms with Gasteiger partial charge in [-0.15, -0.1) is 0 Å². The molecule has 3 rings (SSSR count). The van der Waals surface area contributed by atoms with Crippen LogP contribution in [0.15, 0.2) is 4.99 Å². The Morgan fingerprint density at radius 3 is 2.76 bits per heavy atom. The largest absolute Gasteiger partial charge is 0.396 e. The van der Waals surface area contributed by atoms with Crippen molar-refractivity contribution in [2.45, 2.75) is 77.4 Å². The van der Waals surface area contributed by atoms with Crippen LogP contribution in [0.3, 0.4) is 0 Å². The number of fused-ring (bicyclic) bond motifs is 2. The number of rotatable bonds is 8. The number of guanidine groups is 1. The Hall–Kier alpha value is -0.810. The van der Waals surface area contributed by atoms with E-state index < -0.39 is 0 Å². The van der Waals surface area contributed by atoms with Gasteiger partial charge >= 0.3 is 0 Å². The molecule has 0 aromatic carbocycles. The highest BCUT2D eigenvalue weighted by Crippen LogP contribution is 2.60. The van der Waals surface area contributed by atoms with Crippen molar-refractivity contribution in [3.63, 3.8) is 0 Å². The summed E-state index contributed by atoms with van der Waals surface area (Å²) in [7, 11) is 0. The monoisotopic (exact) mass is 351 g/mol. The van der Waals surface area contributed by atoms with Crippen molar-refractivity contribution in [2.24, 2.45) is 22.2 Å². The Morgan fingerprint density at radius 1 is 1.28 bits per heavy atom. The molecule has 1 spiro atoms. The number of aliphatic imine (C=N–C) groups is 1. The number of nitrogens with zero attached hydrogens (tertiary/aromatic N) is 1. The molecule has 0 bridgehead atoms. The molecule has 1 aliphatic heterocycles. The Labute approximate surface area is 153 Å². The maximum absolute atomic E-state index is 9.27. The molecule has 5 nitrogen and oxygen atoms in total. The van der Waals surface area contributed by atoms with Gasteiger partial charge in [0.2, 0.25) is 0 Å². The van der Waals surface area contributed by atoms with Crippen molar-refractivity contribution in [1.29, 1.82) is 0 Å². The molecule has 0 aromatic rings. The number of hydrogen-bond acceptors (Lipinski definition) is 3. The molecule has 25 heavy (non-hydrogen) atoms. The van der Waals surface area contributed by atoms with Gasteiger partial charge in [0.1, 0.15) is 0 Å². The van der Waals surface area contributed by atoms with Crippen LogP contribution in [0.4, 0.5) is 0 Å². The van der Waals surface area contributed by atoms with E-state index in [2.05, 4.69) is 24.5 Å². The van der Waals surface area contributed by atoms with E-state index >= 15 is 0 Å². The van der Waals surface area contributed by atoms with Gasteiger partial charge in [-0.3, -0.25) is 4.99 Å². The van der Waals surface area contributed by atoms with Crippen LogP contribution in [-0.4, -0.2) is 49.5 Å². The molecule has 0 radical (unpaired) electrons. The van der Waals surface area contributed by atoms with Crippen LogP contribution in [0.25, 0.3) is 0 Å². The summed E-state index contributed by atoms with van der Waals surface area (Å²) in [6, 6.07) is 0.516. The predicted octanol–water partition coefficient (Wildman–Crippen LogP) is 2.69. The van der Waals surface area contributed by atoms with E-state index in [1.165, 1.54) is 32.1 Å². The normalized spacial score (nSPS) is 31.6. The third kappa shape index (κ3) is 3.82. The number of aliphatic hydroxyl groups excluding tert-OH is 1. The topological polar surface area (TPSA) is 65.9 Å². The predicted molar refractivity (Wildman–Crippen MR) is 102 cm³/mol. The van der Waals surface area contributed by atoms with Crippen LogP contribution < -0.4 is 10.6 Å². The molecule has 144 valence electrons. The second-order valence-corrected chi connectivity index (χ2v) is 8.19. The van der Waals surface area contributed by atoms with Crippen LogP contribution in [0, 0.1) is 17.3 Å². The first-order chi connectivity index (χ1) is 12.2. The second kappa shape index (κ2) is 8.72. The van der Waals surface area contributed by atoms with E-state index in [-0.39, 0.29) is 6.61 Å². The summed E-state index contributed by atoms with van der Waals surface area (Å²) >= 11 is 0. The molecule has 0 amide bonds. The smallest absolute Gasteiger partial charge is 0.191 e. The molecule has 2 saturated carbocycles. The lowest BCUT2D eigenvalue weighted by Crippen LogP contribution is -2.69. The van der Waals surface area contributed by atoms with E-state index in [1.807, 2.05) is 0 Å². The van der Waals surface area contributed by atoms with Gasteiger partial charge in [-0.25, -0.2) is 0 Å². The molecular formula is C20H37N3O2. The fraction of sp³-hybridized carbons (Fsp3) is 0.950. The van der Waals surface area contributed by atoms with Gasteiger partial charge < -0.3 is 20.5 Å². The molecule has 5 heteroatoms. The summed E-state index contributed by atoms with van der Waals surface area (Å²) in [6.45, 7) is 7.20. The minimum absolute atomic E-state index is 0.261. The molecule has 3 fully saturated rings. The van der Waals surface area contributed by atoms with Crippen molar-refractivity contribution in [1.82, 2.24) is 10.6 Å². The summed E-state index contributed by atoms with van der Waals surface area (Å²) in [4.78, 5) is 4.88. The van der Waals surface area contributed by atoms with E-state index in [9.17, 15) is 5.11 Å². The van der Waals surface area contributed by atoms with E-state index in [0.717, 1.165) is 44.9 Å². The van der Waals surface area contributed by atoms with Gasteiger partial charge in [0.25, 0.3) is 0 Å². The average molecular weight is 352 g/mol. The van der Waals surface area contributed by atoms with Crippen molar-refractivity contribution in [2.75, 3.05) is 26.3 Å². The maximum atomic E-state index is 9.27. The van der Waals surface area contributed by atoms with Gasteiger partial charge in [0.15, 0.2) is 5.96 Å². The average Bonchev–Trinajstić information content (AvgIpc) is 3.26. The van der Waals surface area contributed by atoms with Crippen molar-refractivity contribution >= 4 is 5.96 Å². The molecule has 4 atom stereocenters. The number of nitrogens with one attached hydrogen (secondary N) is 2. The number of ether oxygens (including phenoxy) is 1. The van der Waals surface area contributed by atoms with Crippen molar-refractivity contribution in [3.8, 4) is 0 Å². The fourth-order valence-electron chi connectivity index (χ4n) is 5.51. The summed E-state index contributed by atoms with van der Waals surface area (Å²) in [5, 5.41) is 16.5. The van der Waals surface area contributed by atoms with E-state index in [4.69, 9.17) is 9.73 Å². The summed E-state index contributed by atoms with van der Waals surface area (Å²) in [5.74, 6) is 2.10. The summed E-state index contributed by atoms with van der Waals surface area (Å²) < 4.78 is 6.10. The first-order valence-corrected chi connectivity index (χ1v) is 10.5. The molecule has 1 heterocycles. The van der Waals surface area contributed by atoms with Crippen LogP contribution >= 0.6 is 0 Å². The molecule has 2 aliphatic carbocycles. The quantitative estimate of drug-likeness (QED) is 0.465. The second-order valence-electron chi connectivity index (χ2n) is 8.19. The first-order valence-electron chi connectivity index (χ1n) is 10.5. The Kier molecular flexibility index (Phi) is 6.61. The highest BCUT2D eigenvalue weighted by Gasteiger charge is 2.65. The van der Waals surface area contributed by atoms with Crippen molar-refractivity contribution < 1.29 is 9.84 Å². The summed E-state index contributed by atoms with van der Waals surface area (Å²) in [5.41, 5.74) is 0.352. The maximum Gasteiger partial charge on any atom is 0.191 e. The van der Waals surface area contributed by atoms with E-state index in [0.29, 0.717) is 29.4 Å². The van der Waals surface area contributed by atoms with Crippen molar-refractivity contribution in [3.05, 3.63) is 0 Å². The Bertz CT molecular complexity index is 442. The van der Waals surface area contributed by atoms with Crippen LogP contribution in [0.1, 0.15) is 65.2 Å². The molecule has 1 saturated heterocycles. The Morgan fingerprint density at radius 2 is 2.08 bits per heavy atom. The lowest BCUT2D eigenvalue weighted by molar-refractivity contribution is -0.125. The number of aliphatic hydroxyl groups is 1. The summed E-state index contributed by atoms with van der Waals surface area (Å²) in [6.07, 6.45) is 10.1. The molecule has 0 aromatic heterocycles. The molecule has 4 unspecified atom stereocenters. The van der Waals surface area contributed by atoms with Crippen LogP contribution in [-0.2, 0) is 4.74 Å². The number of hydrogen-bond donors (Lipinski definition) is 3. The Balaban J connectivity index is 1.65. The lowest BCUT2D eigenvalue weighted by Gasteiger charge is -2.57. The third-order valence-electron chi connectivity index (χ3n) is 6.66. The molecular weight excluding hydrogens is 314 g/mol. The van der Waals surface area contributed by atoms with Crippen LogP contribution in [0.5, 0.6) is 0 Å². The van der Waals surface area contributed by atoms with Crippen LogP contribution in [0.2, 0.25) is 0 Å². The SMILES string of the molecule is CCCC(CCO)CN=C(NCC)NC1C2CCOC2C12CCCC2. The van der Waals surface area contributed by atoms with Gasteiger partial charge in [0, 0.05) is 43.7 Å². The highest BCUT2D eigenvalue weighted by atomic mass is 16.5. The zero-order chi connectivity index (χ0) is 17.7. The fourth-order valence-corrected chi connectivity index (χ4v) is 5.51. The van der Waals surface area contributed by atoms with Gasteiger partial charge in [0.05, 0.1) is 6.10 Å². The minimum atomic E-state index is 0.261. The zero-order valence-corrected chi connectivity index (χ0v) is 16.1. The molecule has 3 N–H and O–H groups in total. The zero-order valence-electron chi connectivity index (χ0n) is 16.1. The molecule has 3 aliphatic rings. The third-order valence-corrected chi connectivity index (χ3v) is 6.66. The minimum Gasteiger partial charge on any atom is -0.396 e. The lowest BCUT2D eigenvalue weighted by atomic mass is 9.54. The van der Waals surface area contributed by atoms with Gasteiger partial charge in [-0.05, 0) is 44.9 Å². The van der Waals surface area contributed by atoms with Gasteiger partial charge in [-0.2, -0.15) is 0 Å². The first kappa shape index (κ1) is 19.0. The van der Waals surface area contributed by atoms with E-state index in [1.54, 1.807) is 0 Å². The van der Waals surface area contributed by atoms with Gasteiger partial charge in [-0.1, -0.05) is 26.2 Å². The standard InChI is InChI=1S/C20H37N3O2/c1-3-7-15(8-12-24)14-22-19(21-4-2)23-17-16-9-13-25-18(16)20(17)10-5-6-11-20/h15-18,24H,3-14H2,1-2H3,(H2,21,22,23).